The normalized spacial score (nSPS) is 10.9. The lowest BCUT2D eigenvalue weighted by atomic mass is 10.1. The first-order chi connectivity index (χ1) is 15.5. The Morgan fingerprint density at radius 2 is 1.91 bits per heavy atom. The highest BCUT2D eigenvalue weighted by molar-refractivity contribution is 7.98. The molecule has 13 heteroatoms. The maximum atomic E-state index is 12.5. The van der Waals surface area contributed by atoms with Crippen LogP contribution in [-0.4, -0.2) is 57.7 Å². The number of nitrogens with one attached hydrogen (secondary N) is 2. The third kappa shape index (κ3) is 13.2. The second kappa shape index (κ2) is 20.1. The van der Waals surface area contributed by atoms with E-state index < -0.39 is 0 Å². The molecule has 0 aromatic carbocycles. The molecular formula is C22H40Cl3N7OS2. The maximum Gasteiger partial charge on any atom is 0.254 e. The van der Waals surface area contributed by atoms with Gasteiger partial charge >= 0.3 is 0 Å². The number of thiazole rings is 1. The SMILES string of the molecule is CCCN=C(N)Nc1nc(CSCCc2nc(C)c(CCCN(CC)CC)c(=O)[nH]2)cs1.Cl.Cl.Cl. The first kappa shape index (κ1) is 36.1. The standard InChI is InChI=1S/C22H37N7OS2.3ClH/c1-5-11-24-21(23)28-22-26-17(15-32-22)14-31-13-10-19-25-16(4)18(20(30)27-19)9-8-12-29(6-2)7-3;;;/h15H,5-14H2,1-4H3,(H,25,27,30)(H3,23,24,26,28);3*1H. The van der Waals surface area contributed by atoms with Crippen molar-refractivity contribution < 1.29 is 0 Å². The number of aliphatic imine (C=N–C) groups is 1. The number of anilines is 1. The van der Waals surface area contributed by atoms with Crippen LogP contribution in [0.4, 0.5) is 5.13 Å². The van der Waals surface area contributed by atoms with Gasteiger partial charge in [-0.2, -0.15) is 11.8 Å². The zero-order valence-corrected chi connectivity index (χ0v) is 25.0. The number of aromatic nitrogens is 3. The molecule has 0 atom stereocenters. The quantitative estimate of drug-likeness (QED) is 0.167. The van der Waals surface area contributed by atoms with Crippen molar-refractivity contribution in [2.75, 3.05) is 37.2 Å². The minimum absolute atomic E-state index is 0. The number of halogens is 3. The van der Waals surface area contributed by atoms with E-state index in [1.807, 2.05) is 12.3 Å². The van der Waals surface area contributed by atoms with E-state index in [0.717, 1.165) is 84.7 Å². The molecule has 2 rings (SSSR count). The summed E-state index contributed by atoms with van der Waals surface area (Å²) in [6, 6.07) is 0. The summed E-state index contributed by atoms with van der Waals surface area (Å²) in [7, 11) is 0. The number of aromatic amines is 1. The molecule has 0 aliphatic rings. The van der Waals surface area contributed by atoms with Gasteiger partial charge in [-0.25, -0.2) is 9.97 Å². The summed E-state index contributed by atoms with van der Waals surface area (Å²) in [6.45, 7) is 12.1. The van der Waals surface area contributed by atoms with E-state index in [9.17, 15) is 4.79 Å². The van der Waals surface area contributed by atoms with E-state index in [-0.39, 0.29) is 42.8 Å². The van der Waals surface area contributed by atoms with E-state index in [1.165, 1.54) is 11.3 Å². The number of H-pyrrole nitrogens is 1. The number of thioether (sulfide) groups is 1. The van der Waals surface area contributed by atoms with Crippen molar-refractivity contribution in [3.63, 3.8) is 0 Å². The Kier molecular flexibility index (Phi) is 20.7. The molecule has 0 radical (unpaired) electrons. The molecule has 0 fully saturated rings. The molecule has 35 heavy (non-hydrogen) atoms. The summed E-state index contributed by atoms with van der Waals surface area (Å²) in [4.78, 5) is 31.3. The van der Waals surface area contributed by atoms with Crippen molar-refractivity contribution in [2.45, 2.75) is 59.1 Å². The number of guanidine groups is 1. The molecule has 0 aliphatic carbocycles. The first-order valence-electron chi connectivity index (χ1n) is 11.4. The molecule has 0 saturated heterocycles. The minimum atomic E-state index is 0. The fraction of sp³-hybridized carbons (Fsp3) is 0.636. The lowest BCUT2D eigenvalue weighted by Crippen LogP contribution is -2.25. The Hall–Kier alpha value is -1.04. The van der Waals surface area contributed by atoms with Gasteiger partial charge in [0, 0.05) is 41.1 Å². The maximum absolute atomic E-state index is 12.5. The molecule has 0 spiro atoms. The van der Waals surface area contributed by atoms with Gasteiger partial charge in [0.05, 0.1) is 5.69 Å². The van der Waals surface area contributed by atoms with Crippen LogP contribution < -0.4 is 16.6 Å². The molecule has 8 nitrogen and oxygen atoms in total. The second-order valence-corrected chi connectivity index (χ2v) is 9.51. The van der Waals surface area contributed by atoms with E-state index in [0.29, 0.717) is 12.5 Å². The summed E-state index contributed by atoms with van der Waals surface area (Å²) >= 11 is 3.30. The fourth-order valence-electron chi connectivity index (χ4n) is 3.26. The van der Waals surface area contributed by atoms with Crippen LogP contribution in [0.2, 0.25) is 0 Å². The van der Waals surface area contributed by atoms with Crippen LogP contribution in [0.3, 0.4) is 0 Å². The molecule has 0 bridgehead atoms. The van der Waals surface area contributed by atoms with Crippen molar-refractivity contribution in [1.82, 2.24) is 19.9 Å². The molecular weight excluding hydrogens is 549 g/mol. The van der Waals surface area contributed by atoms with E-state index >= 15 is 0 Å². The van der Waals surface area contributed by atoms with Gasteiger partial charge in [-0.3, -0.25) is 9.79 Å². The first-order valence-corrected chi connectivity index (χ1v) is 13.4. The zero-order valence-electron chi connectivity index (χ0n) is 21.0. The summed E-state index contributed by atoms with van der Waals surface area (Å²) in [5.74, 6) is 2.83. The highest BCUT2D eigenvalue weighted by Gasteiger charge is 2.10. The predicted octanol–water partition coefficient (Wildman–Crippen LogP) is 4.69. The fourth-order valence-corrected chi connectivity index (χ4v) is 4.92. The van der Waals surface area contributed by atoms with Gasteiger partial charge in [-0.1, -0.05) is 20.8 Å². The van der Waals surface area contributed by atoms with Gasteiger partial charge in [0.1, 0.15) is 5.82 Å². The van der Waals surface area contributed by atoms with Gasteiger partial charge in [-0.15, -0.1) is 48.6 Å². The Morgan fingerprint density at radius 1 is 1.20 bits per heavy atom. The molecule has 0 unspecified atom stereocenters. The third-order valence-electron chi connectivity index (χ3n) is 5.09. The van der Waals surface area contributed by atoms with Crippen molar-refractivity contribution in [3.8, 4) is 0 Å². The number of nitrogens with two attached hydrogens (primary N) is 1. The highest BCUT2D eigenvalue weighted by atomic mass is 35.5. The molecule has 0 saturated carbocycles. The molecule has 2 heterocycles. The zero-order chi connectivity index (χ0) is 23.3. The van der Waals surface area contributed by atoms with E-state index in [1.54, 1.807) is 11.8 Å². The van der Waals surface area contributed by atoms with Gasteiger partial charge in [0.25, 0.3) is 5.56 Å². The largest absolute Gasteiger partial charge is 0.370 e. The van der Waals surface area contributed by atoms with Crippen LogP contribution >= 0.6 is 60.3 Å². The van der Waals surface area contributed by atoms with Gasteiger partial charge in [0.2, 0.25) is 0 Å². The van der Waals surface area contributed by atoms with Gasteiger partial charge in [-0.05, 0) is 45.8 Å². The van der Waals surface area contributed by atoms with Crippen molar-refractivity contribution in [2.24, 2.45) is 10.7 Å². The number of hydrogen-bond acceptors (Lipinski definition) is 7. The van der Waals surface area contributed by atoms with Crippen LogP contribution in [0.5, 0.6) is 0 Å². The molecule has 0 aliphatic heterocycles. The summed E-state index contributed by atoms with van der Waals surface area (Å²) in [5.41, 5.74) is 8.52. The average Bonchev–Trinajstić information content (AvgIpc) is 3.21. The lowest BCUT2D eigenvalue weighted by molar-refractivity contribution is 0.300. The van der Waals surface area contributed by atoms with Crippen LogP contribution in [0.25, 0.3) is 0 Å². The van der Waals surface area contributed by atoms with Crippen LogP contribution in [0, 0.1) is 6.92 Å². The molecule has 2 aromatic heterocycles. The molecule has 202 valence electrons. The molecule has 0 amide bonds. The third-order valence-corrected chi connectivity index (χ3v) is 6.89. The molecule has 2 aromatic rings. The summed E-state index contributed by atoms with van der Waals surface area (Å²) in [6.07, 6.45) is 3.43. The van der Waals surface area contributed by atoms with Crippen LogP contribution in [0.1, 0.15) is 56.4 Å². The Bertz CT molecular complexity index is 921. The Morgan fingerprint density at radius 3 is 2.54 bits per heavy atom. The number of hydrogen-bond donors (Lipinski definition) is 3. The molecule has 4 N–H and O–H groups in total. The van der Waals surface area contributed by atoms with Crippen LogP contribution in [0.15, 0.2) is 15.2 Å². The van der Waals surface area contributed by atoms with Crippen molar-refractivity contribution >= 4 is 71.4 Å². The number of rotatable bonds is 14. The van der Waals surface area contributed by atoms with Gasteiger partial charge in [0.15, 0.2) is 11.1 Å². The number of nitrogens with zero attached hydrogens (tertiary/aromatic N) is 4. The summed E-state index contributed by atoms with van der Waals surface area (Å²) in [5, 5.41) is 5.82. The highest BCUT2D eigenvalue weighted by Crippen LogP contribution is 2.20. The topological polar surface area (TPSA) is 112 Å². The Balaban J connectivity index is 0. The minimum Gasteiger partial charge on any atom is -0.370 e. The van der Waals surface area contributed by atoms with Crippen molar-refractivity contribution in [3.05, 3.63) is 38.5 Å². The smallest absolute Gasteiger partial charge is 0.254 e. The van der Waals surface area contributed by atoms with Gasteiger partial charge < -0.3 is 20.9 Å². The Labute approximate surface area is 236 Å². The van der Waals surface area contributed by atoms with Crippen molar-refractivity contribution in [1.29, 1.82) is 0 Å². The second-order valence-electron chi connectivity index (χ2n) is 7.55. The number of aryl methyl sites for hydroxylation is 2. The van der Waals surface area contributed by atoms with E-state index in [4.69, 9.17) is 5.73 Å². The van der Waals surface area contributed by atoms with Crippen LogP contribution in [-0.2, 0) is 18.6 Å². The summed E-state index contributed by atoms with van der Waals surface area (Å²) < 4.78 is 0. The van der Waals surface area contributed by atoms with E-state index in [2.05, 4.69) is 50.9 Å². The lowest BCUT2D eigenvalue weighted by Gasteiger charge is -2.17. The monoisotopic (exact) mass is 587 g/mol. The predicted molar refractivity (Wildman–Crippen MR) is 160 cm³/mol. The average molecular weight is 589 g/mol.